The number of carbonyl (C=O) groups is 1. The minimum Gasteiger partial charge on any atom is -0.462 e. The molecule has 0 amide bonds. The highest BCUT2D eigenvalue weighted by Crippen LogP contribution is 2.26. The predicted molar refractivity (Wildman–Crippen MR) is 113 cm³/mol. The second-order valence-corrected chi connectivity index (χ2v) is 8.18. The van der Waals surface area contributed by atoms with E-state index in [9.17, 15) is 4.79 Å². The van der Waals surface area contributed by atoms with Crippen LogP contribution in [-0.4, -0.2) is 53.6 Å². The molecule has 0 saturated carbocycles. The molecular formula is C20H22N4O2S2. The molecule has 6 nitrogen and oxygen atoms in total. The van der Waals surface area contributed by atoms with E-state index in [1.807, 2.05) is 6.07 Å². The molecule has 0 radical (unpaired) electrons. The Bertz CT molecular complexity index is 901. The van der Waals surface area contributed by atoms with E-state index < -0.39 is 0 Å². The van der Waals surface area contributed by atoms with E-state index in [2.05, 4.69) is 37.0 Å². The maximum Gasteiger partial charge on any atom is 0.339 e. The van der Waals surface area contributed by atoms with E-state index in [1.54, 1.807) is 41.9 Å². The minimum atomic E-state index is -0.323. The molecule has 28 heavy (non-hydrogen) atoms. The average molecular weight is 415 g/mol. The molecule has 0 unspecified atom stereocenters. The van der Waals surface area contributed by atoms with Crippen molar-refractivity contribution in [3.63, 3.8) is 0 Å². The summed E-state index contributed by atoms with van der Waals surface area (Å²) in [6.45, 7) is 6.80. The summed E-state index contributed by atoms with van der Waals surface area (Å²) in [6, 6.07) is 5.80. The molecule has 0 spiro atoms. The Morgan fingerprint density at radius 3 is 2.71 bits per heavy atom. The second kappa shape index (κ2) is 8.81. The van der Waals surface area contributed by atoms with Crippen molar-refractivity contribution < 1.29 is 9.53 Å². The minimum absolute atomic E-state index is 0.323. The average Bonchev–Trinajstić information content (AvgIpc) is 3.41. The molecule has 0 N–H and O–H groups in total. The SMILES string of the molecule is CCOC(=O)c1ccc(N2CCN(Cc3csc(-c4ccsc4)n3)CC2)nc1. The van der Waals surface area contributed by atoms with Gasteiger partial charge in [-0.3, -0.25) is 4.90 Å². The molecule has 0 atom stereocenters. The lowest BCUT2D eigenvalue weighted by atomic mass is 10.2. The Morgan fingerprint density at radius 2 is 2.04 bits per heavy atom. The number of piperazine rings is 1. The van der Waals surface area contributed by atoms with Crippen molar-refractivity contribution in [1.29, 1.82) is 0 Å². The van der Waals surface area contributed by atoms with E-state index in [-0.39, 0.29) is 5.97 Å². The Balaban J connectivity index is 1.30. The Hall–Kier alpha value is -2.29. The van der Waals surface area contributed by atoms with Crippen LogP contribution in [-0.2, 0) is 11.3 Å². The first-order valence-corrected chi connectivity index (χ1v) is 11.1. The number of hydrogen-bond acceptors (Lipinski definition) is 8. The van der Waals surface area contributed by atoms with Crippen LogP contribution in [0.2, 0.25) is 0 Å². The number of aromatic nitrogens is 2. The van der Waals surface area contributed by atoms with Gasteiger partial charge in [0.2, 0.25) is 0 Å². The molecule has 1 aliphatic rings. The van der Waals surface area contributed by atoms with Gasteiger partial charge in [-0.25, -0.2) is 14.8 Å². The number of carbonyl (C=O) groups excluding carboxylic acids is 1. The molecule has 0 aliphatic carbocycles. The van der Waals surface area contributed by atoms with Gasteiger partial charge in [0.25, 0.3) is 0 Å². The lowest BCUT2D eigenvalue weighted by molar-refractivity contribution is 0.0526. The molecule has 146 valence electrons. The number of pyridine rings is 1. The zero-order valence-corrected chi connectivity index (χ0v) is 17.3. The van der Waals surface area contributed by atoms with Crippen LogP contribution in [0.1, 0.15) is 23.0 Å². The Labute approximate surface area is 172 Å². The molecule has 8 heteroatoms. The first-order valence-electron chi connectivity index (χ1n) is 9.30. The fraction of sp³-hybridized carbons (Fsp3) is 0.350. The van der Waals surface area contributed by atoms with Crippen molar-refractivity contribution in [3.05, 3.63) is 51.8 Å². The number of anilines is 1. The maximum atomic E-state index is 11.7. The standard InChI is InChI=1S/C20H22N4O2S2/c1-2-26-20(25)15-3-4-18(21-11-15)24-8-6-23(7-9-24)12-17-14-28-19(22-17)16-5-10-27-13-16/h3-5,10-11,13-14H,2,6-9,12H2,1H3. The smallest absolute Gasteiger partial charge is 0.339 e. The van der Waals surface area contributed by atoms with Gasteiger partial charge in [0, 0.05) is 55.2 Å². The number of thiophene rings is 1. The Morgan fingerprint density at radius 1 is 1.18 bits per heavy atom. The van der Waals surface area contributed by atoms with Crippen LogP contribution < -0.4 is 4.90 Å². The van der Waals surface area contributed by atoms with Crippen molar-refractivity contribution in [3.8, 4) is 10.6 Å². The van der Waals surface area contributed by atoms with Crippen molar-refractivity contribution in [2.45, 2.75) is 13.5 Å². The number of hydrogen-bond donors (Lipinski definition) is 0. The summed E-state index contributed by atoms with van der Waals surface area (Å²) in [5.41, 5.74) is 2.84. The molecular weight excluding hydrogens is 392 g/mol. The third-order valence-corrected chi connectivity index (χ3v) is 6.28. The lowest BCUT2D eigenvalue weighted by Crippen LogP contribution is -2.46. The van der Waals surface area contributed by atoms with Crippen LogP contribution in [0, 0.1) is 0 Å². The highest BCUT2D eigenvalue weighted by atomic mass is 32.1. The number of ether oxygens (including phenoxy) is 1. The summed E-state index contributed by atoms with van der Waals surface area (Å²) in [5, 5.41) is 7.49. The van der Waals surface area contributed by atoms with E-state index in [0.29, 0.717) is 12.2 Å². The van der Waals surface area contributed by atoms with Gasteiger partial charge in [-0.1, -0.05) is 0 Å². The van der Waals surface area contributed by atoms with Crippen LogP contribution in [0.3, 0.4) is 0 Å². The van der Waals surface area contributed by atoms with E-state index in [0.717, 1.165) is 49.2 Å². The van der Waals surface area contributed by atoms with E-state index in [1.165, 1.54) is 5.56 Å². The second-order valence-electron chi connectivity index (χ2n) is 6.54. The zero-order valence-electron chi connectivity index (χ0n) is 15.7. The van der Waals surface area contributed by atoms with Crippen molar-refractivity contribution in [2.24, 2.45) is 0 Å². The molecule has 0 bridgehead atoms. The van der Waals surface area contributed by atoms with Crippen LogP contribution in [0.5, 0.6) is 0 Å². The molecule has 1 aliphatic heterocycles. The number of rotatable bonds is 6. The van der Waals surface area contributed by atoms with Gasteiger partial charge in [0.15, 0.2) is 0 Å². The van der Waals surface area contributed by atoms with E-state index in [4.69, 9.17) is 9.72 Å². The lowest BCUT2D eigenvalue weighted by Gasteiger charge is -2.35. The van der Waals surface area contributed by atoms with Gasteiger partial charge in [-0.15, -0.1) is 11.3 Å². The van der Waals surface area contributed by atoms with Crippen molar-refractivity contribution in [2.75, 3.05) is 37.7 Å². The fourth-order valence-electron chi connectivity index (χ4n) is 3.17. The summed E-state index contributed by atoms with van der Waals surface area (Å²) >= 11 is 3.41. The maximum absolute atomic E-state index is 11.7. The largest absolute Gasteiger partial charge is 0.462 e. The van der Waals surface area contributed by atoms with Crippen LogP contribution in [0.15, 0.2) is 40.5 Å². The van der Waals surface area contributed by atoms with Crippen LogP contribution in [0.25, 0.3) is 10.6 Å². The van der Waals surface area contributed by atoms with Gasteiger partial charge in [0.05, 0.1) is 17.9 Å². The predicted octanol–water partition coefficient (Wildman–Crippen LogP) is 3.77. The quantitative estimate of drug-likeness (QED) is 0.573. The van der Waals surface area contributed by atoms with Crippen molar-refractivity contribution >= 4 is 34.5 Å². The third-order valence-electron chi connectivity index (χ3n) is 4.66. The highest BCUT2D eigenvalue weighted by Gasteiger charge is 2.19. The topological polar surface area (TPSA) is 58.6 Å². The number of thiazole rings is 1. The van der Waals surface area contributed by atoms with Crippen LogP contribution in [0.4, 0.5) is 5.82 Å². The van der Waals surface area contributed by atoms with E-state index >= 15 is 0 Å². The summed E-state index contributed by atoms with van der Waals surface area (Å²) in [7, 11) is 0. The normalized spacial score (nSPS) is 15.0. The summed E-state index contributed by atoms with van der Waals surface area (Å²) in [6.07, 6.45) is 1.60. The van der Waals surface area contributed by atoms with Gasteiger partial charge in [-0.2, -0.15) is 11.3 Å². The first-order chi connectivity index (χ1) is 13.7. The summed E-state index contributed by atoms with van der Waals surface area (Å²) in [4.78, 5) is 25.6. The molecule has 4 heterocycles. The monoisotopic (exact) mass is 414 g/mol. The van der Waals surface area contributed by atoms with Gasteiger partial charge < -0.3 is 9.64 Å². The zero-order chi connectivity index (χ0) is 19.3. The van der Waals surface area contributed by atoms with Gasteiger partial charge in [-0.05, 0) is 30.5 Å². The molecule has 3 aromatic heterocycles. The number of nitrogens with zero attached hydrogens (tertiary/aromatic N) is 4. The highest BCUT2D eigenvalue weighted by molar-refractivity contribution is 7.14. The third kappa shape index (κ3) is 4.40. The molecule has 1 fully saturated rings. The molecule has 4 rings (SSSR count). The number of esters is 1. The van der Waals surface area contributed by atoms with Crippen LogP contribution >= 0.6 is 22.7 Å². The summed E-state index contributed by atoms with van der Waals surface area (Å²) in [5.74, 6) is 0.581. The van der Waals surface area contributed by atoms with Crippen molar-refractivity contribution in [1.82, 2.24) is 14.9 Å². The van der Waals surface area contributed by atoms with Gasteiger partial charge >= 0.3 is 5.97 Å². The fourth-order valence-corrected chi connectivity index (χ4v) is 4.69. The first kappa shape index (κ1) is 19.0. The molecule has 1 saturated heterocycles. The molecule has 3 aromatic rings. The summed E-state index contributed by atoms with van der Waals surface area (Å²) < 4.78 is 5.01. The van der Waals surface area contributed by atoms with Gasteiger partial charge in [0.1, 0.15) is 10.8 Å². The molecule has 0 aromatic carbocycles. The Kier molecular flexibility index (Phi) is 5.99.